The quantitative estimate of drug-likeness (QED) is 0.512. The van der Waals surface area contributed by atoms with Crippen LogP contribution in [0.4, 0.5) is 10.5 Å². The van der Waals surface area contributed by atoms with Crippen molar-refractivity contribution in [2.75, 3.05) is 18.0 Å². The maximum Gasteiger partial charge on any atom is 0.414 e. The highest BCUT2D eigenvalue weighted by molar-refractivity contribution is 9.10. The third-order valence-corrected chi connectivity index (χ3v) is 6.53. The van der Waals surface area contributed by atoms with Crippen LogP contribution in [0, 0.1) is 0 Å². The lowest BCUT2D eigenvalue weighted by Crippen LogP contribution is -2.34. The fourth-order valence-electron chi connectivity index (χ4n) is 3.23. The van der Waals surface area contributed by atoms with Crippen LogP contribution in [0.1, 0.15) is 20.2 Å². The van der Waals surface area contributed by atoms with Crippen LogP contribution in [0.5, 0.6) is 0 Å². The van der Waals surface area contributed by atoms with Crippen LogP contribution in [0.2, 0.25) is 4.34 Å². The number of primary amides is 1. The van der Waals surface area contributed by atoms with Crippen LogP contribution in [0.3, 0.4) is 0 Å². The van der Waals surface area contributed by atoms with Gasteiger partial charge in [0.25, 0.3) is 11.8 Å². The van der Waals surface area contributed by atoms with Crippen LogP contribution in [-0.4, -0.2) is 41.7 Å². The first-order valence-corrected chi connectivity index (χ1v) is 11.1. The smallest absolute Gasteiger partial charge is 0.414 e. The van der Waals surface area contributed by atoms with E-state index in [1.165, 1.54) is 16.2 Å². The number of hydrogen-bond donors (Lipinski definition) is 2. The first-order chi connectivity index (χ1) is 14.8. The largest absolute Gasteiger partial charge is 0.442 e. The molecule has 0 aliphatic carbocycles. The minimum absolute atomic E-state index is 0.178. The van der Waals surface area contributed by atoms with Crippen LogP contribution < -0.4 is 16.0 Å². The molecular formula is C20H16BrClN4O4S. The Morgan fingerprint density at radius 3 is 2.77 bits per heavy atom. The first kappa shape index (κ1) is 21.4. The maximum atomic E-state index is 12.4. The van der Waals surface area contributed by atoms with Crippen LogP contribution in [0.15, 0.2) is 53.1 Å². The molecule has 2 aromatic heterocycles. The van der Waals surface area contributed by atoms with Crippen LogP contribution in [-0.2, 0) is 4.74 Å². The number of carbonyl (C=O) groups is 3. The molecule has 0 saturated carbocycles. The van der Waals surface area contributed by atoms with E-state index in [9.17, 15) is 14.4 Å². The number of benzene rings is 1. The Balaban J connectivity index is 1.45. The number of aromatic nitrogens is 1. The molecule has 1 atom stereocenters. The summed E-state index contributed by atoms with van der Waals surface area (Å²) >= 11 is 10.5. The van der Waals surface area contributed by atoms with Gasteiger partial charge in [0.1, 0.15) is 11.8 Å². The predicted octanol–water partition coefficient (Wildman–Crippen LogP) is 3.81. The molecule has 1 aliphatic heterocycles. The number of hydrogen-bond acceptors (Lipinski definition) is 5. The number of rotatable bonds is 6. The number of nitrogens with one attached hydrogen (secondary N) is 1. The molecule has 11 heteroatoms. The summed E-state index contributed by atoms with van der Waals surface area (Å²) < 4.78 is 8.22. The number of halogens is 2. The fraction of sp³-hybridized carbons (Fsp3) is 0.150. The molecule has 3 aromatic rings. The Hall–Kier alpha value is -2.82. The second-order valence-electron chi connectivity index (χ2n) is 6.69. The minimum atomic E-state index is -0.539. The van der Waals surface area contributed by atoms with E-state index in [0.717, 1.165) is 0 Å². The zero-order valence-electron chi connectivity index (χ0n) is 15.9. The Kier molecular flexibility index (Phi) is 6.03. The highest BCUT2D eigenvalue weighted by Crippen LogP contribution is 2.32. The van der Waals surface area contributed by atoms with Crippen LogP contribution in [0.25, 0.3) is 5.69 Å². The topological polar surface area (TPSA) is 107 Å². The van der Waals surface area contributed by atoms with E-state index >= 15 is 0 Å². The van der Waals surface area contributed by atoms with Gasteiger partial charge in [-0.05, 0) is 58.4 Å². The van der Waals surface area contributed by atoms with Gasteiger partial charge < -0.3 is 20.4 Å². The Labute approximate surface area is 194 Å². The molecule has 1 saturated heterocycles. The van der Waals surface area contributed by atoms with Crippen molar-refractivity contribution in [2.45, 2.75) is 6.10 Å². The molecule has 8 nitrogen and oxygen atoms in total. The van der Waals surface area contributed by atoms with Gasteiger partial charge in [0.05, 0.1) is 28.0 Å². The summed E-state index contributed by atoms with van der Waals surface area (Å²) in [5, 5.41) is 2.76. The summed E-state index contributed by atoms with van der Waals surface area (Å²) in [6.07, 6.45) is 0.723. The van der Waals surface area contributed by atoms with Gasteiger partial charge >= 0.3 is 6.09 Å². The Bertz CT molecular complexity index is 1180. The monoisotopic (exact) mass is 522 g/mol. The summed E-state index contributed by atoms with van der Waals surface area (Å²) in [7, 11) is 0. The minimum Gasteiger partial charge on any atom is -0.442 e. The maximum absolute atomic E-state index is 12.4. The van der Waals surface area contributed by atoms with E-state index in [1.807, 2.05) is 0 Å². The van der Waals surface area contributed by atoms with Gasteiger partial charge in [0.2, 0.25) is 0 Å². The summed E-state index contributed by atoms with van der Waals surface area (Å²) in [5.41, 5.74) is 7.08. The second kappa shape index (κ2) is 8.74. The molecule has 4 rings (SSSR count). The van der Waals surface area contributed by atoms with Crippen molar-refractivity contribution in [3.63, 3.8) is 0 Å². The normalized spacial score (nSPS) is 15.7. The lowest BCUT2D eigenvalue weighted by Gasteiger charge is -2.17. The molecule has 3 heterocycles. The number of thiophene rings is 1. The molecule has 31 heavy (non-hydrogen) atoms. The van der Waals surface area contributed by atoms with Gasteiger partial charge in [0.15, 0.2) is 0 Å². The van der Waals surface area contributed by atoms with Crippen molar-refractivity contribution in [3.8, 4) is 5.69 Å². The lowest BCUT2D eigenvalue weighted by atomic mass is 10.2. The molecule has 3 N–H and O–H groups in total. The van der Waals surface area contributed by atoms with E-state index in [4.69, 9.17) is 22.1 Å². The number of anilines is 1. The second-order valence-corrected chi connectivity index (χ2v) is 9.26. The van der Waals surface area contributed by atoms with Crippen molar-refractivity contribution in [1.82, 2.24) is 9.88 Å². The molecule has 1 fully saturated rings. The summed E-state index contributed by atoms with van der Waals surface area (Å²) in [5.74, 6) is -0.808. The standard InChI is InChI=1S/C20H16BrClN4O4S/c21-13-8-11(25-7-1-2-15(25)18(23)27)3-4-14(13)26-10-12(30-20(26)29)9-24-19(28)16-5-6-17(22)31-16/h1-8,12H,9-10H2,(H2,23,27)(H,24,28)/t12-/m0/s1. The number of carbonyl (C=O) groups excluding carboxylic acids is 3. The number of cyclic esters (lactones) is 1. The number of nitrogens with two attached hydrogens (primary N) is 1. The molecule has 3 amide bonds. The van der Waals surface area contributed by atoms with E-state index in [0.29, 0.717) is 30.8 Å². The van der Waals surface area contributed by atoms with E-state index < -0.39 is 18.1 Å². The molecule has 0 radical (unpaired) electrons. The van der Waals surface area contributed by atoms with E-state index in [1.54, 1.807) is 53.2 Å². The summed E-state index contributed by atoms with van der Waals surface area (Å²) in [6.45, 7) is 0.454. The first-order valence-electron chi connectivity index (χ1n) is 9.12. The van der Waals surface area contributed by atoms with Crippen molar-refractivity contribution in [3.05, 3.63) is 68.0 Å². The third-order valence-electron chi connectivity index (χ3n) is 4.66. The number of nitrogens with zero attached hydrogens (tertiary/aromatic N) is 2. The van der Waals surface area contributed by atoms with Crippen molar-refractivity contribution in [2.24, 2.45) is 5.73 Å². The Morgan fingerprint density at radius 1 is 1.29 bits per heavy atom. The van der Waals surface area contributed by atoms with E-state index in [2.05, 4.69) is 21.2 Å². The number of amides is 3. The molecule has 1 aromatic carbocycles. The number of ether oxygens (including phenoxy) is 1. The summed E-state index contributed by atoms with van der Waals surface area (Å²) in [6, 6.07) is 12.0. The third kappa shape index (κ3) is 4.46. The summed E-state index contributed by atoms with van der Waals surface area (Å²) in [4.78, 5) is 38.1. The van der Waals surface area contributed by atoms with Gasteiger partial charge in [-0.25, -0.2) is 4.79 Å². The average Bonchev–Trinajstić information content (AvgIpc) is 3.46. The van der Waals surface area contributed by atoms with Gasteiger partial charge in [-0.15, -0.1) is 11.3 Å². The zero-order chi connectivity index (χ0) is 22.1. The zero-order valence-corrected chi connectivity index (χ0v) is 19.0. The van der Waals surface area contributed by atoms with Gasteiger partial charge in [-0.3, -0.25) is 14.5 Å². The van der Waals surface area contributed by atoms with E-state index in [-0.39, 0.29) is 19.0 Å². The predicted molar refractivity (Wildman–Crippen MR) is 121 cm³/mol. The molecule has 0 spiro atoms. The van der Waals surface area contributed by atoms with Crippen molar-refractivity contribution < 1.29 is 19.1 Å². The Morgan fingerprint density at radius 2 is 2.10 bits per heavy atom. The molecule has 0 bridgehead atoms. The molecular weight excluding hydrogens is 508 g/mol. The van der Waals surface area contributed by atoms with Crippen LogP contribution >= 0.6 is 38.9 Å². The highest BCUT2D eigenvalue weighted by Gasteiger charge is 2.33. The molecule has 1 aliphatic rings. The average molecular weight is 524 g/mol. The highest BCUT2D eigenvalue weighted by atomic mass is 79.9. The van der Waals surface area contributed by atoms with Gasteiger partial charge in [-0.2, -0.15) is 0 Å². The lowest BCUT2D eigenvalue weighted by molar-refractivity contribution is 0.0919. The van der Waals surface area contributed by atoms with Gasteiger partial charge in [0, 0.05) is 16.4 Å². The SMILES string of the molecule is NC(=O)c1cccn1-c1ccc(N2C[C@H](CNC(=O)c3ccc(Cl)s3)OC2=O)c(Br)c1. The fourth-order valence-corrected chi connectivity index (χ4v) is 4.77. The molecule has 0 unspecified atom stereocenters. The van der Waals surface area contributed by atoms with Gasteiger partial charge in [-0.1, -0.05) is 11.6 Å². The van der Waals surface area contributed by atoms with Crippen molar-refractivity contribution in [1.29, 1.82) is 0 Å². The molecule has 160 valence electrons. The van der Waals surface area contributed by atoms with Crippen molar-refractivity contribution >= 4 is 62.5 Å².